The molecule has 0 saturated heterocycles. The van der Waals surface area contributed by atoms with Crippen LogP contribution < -0.4 is 4.74 Å². The fraction of sp³-hybridized carbons (Fsp3) is 0.263. The van der Waals surface area contributed by atoms with Crippen LogP contribution in [-0.2, 0) is 10.8 Å². The average Bonchev–Trinajstić information content (AvgIpc) is 2.88. The first kappa shape index (κ1) is 24.2. The van der Waals surface area contributed by atoms with Gasteiger partial charge in [0.1, 0.15) is 11.5 Å². The molecule has 39 heavy (non-hydrogen) atoms. The van der Waals surface area contributed by atoms with Gasteiger partial charge in [-0.15, -0.1) is 0 Å². The molecule has 0 radical (unpaired) electrons. The van der Waals surface area contributed by atoms with Crippen LogP contribution in [0.2, 0.25) is 0 Å². The lowest BCUT2D eigenvalue weighted by molar-refractivity contribution is 0.483. The molecule has 0 bridgehead atoms. The number of ether oxygens (including phenoxy) is 1. The van der Waals surface area contributed by atoms with Gasteiger partial charge in [0, 0.05) is 16.3 Å². The van der Waals surface area contributed by atoms with E-state index < -0.39 is 0 Å². The number of hydrogen-bond acceptors (Lipinski definition) is 1. The summed E-state index contributed by atoms with van der Waals surface area (Å²) in [5.74, 6) is 1.91. The molecule has 1 aliphatic heterocycles. The third-order valence-electron chi connectivity index (χ3n) is 8.77. The van der Waals surface area contributed by atoms with Gasteiger partial charge >= 0.3 is 0 Å². The highest BCUT2D eigenvalue weighted by atomic mass is 16.5. The van der Waals surface area contributed by atoms with Crippen molar-refractivity contribution in [3.63, 3.8) is 0 Å². The van der Waals surface area contributed by atoms with Crippen molar-refractivity contribution in [2.45, 2.75) is 66.2 Å². The van der Waals surface area contributed by atoms with Crippen molar-refractivity contribution in [3.8, 4) is 33.8 Å². The topological polar surface area (TPSA) is 9.23 Å². The first-order valence-electron chi connectivity index (χ1n) is 14.1. The molecule has 0 spiro atoms. The van der Waals surface area contributed by atoms with E-state index in [1.54, 1.807) is 0 Å². The van der Waals surface area contributed by atoms with Gasteiger partial charge in [0.05, 0.1) is 0 Å². The molecule has 1 aliphatic rings. The molecule has 6 aromatic carbocycles. The molecule has 1 heterocycles. The van der Waals surface area contributed by atoms with Crippen molar-refractivity contribution in [1.82, 2.24) is 0 Å². The van der Waals surface area contributed by atoms with Crippen LogP contribution in [0.15, 0.2) is 72.8 Å². The Balaban J connectivity index is 1.56. The Bertz CT molecular complexity index is 1960. The summed E-state index contributed by atoms with van der Waals surface area (Å²) in [5, 5.41) is 7.81. The molecule has 7 rings (SSSR count). The largest absolute Gasteiger partial charge is 0.456 e. The molecular weight excluding hydrogens is 472 g/mol. The normalized spacial score (nSPS) is 13.3. The SMILES string of the molecule is Cc1cc(C(C)(C)C)ccc1-c1cc2ccc3c4c(cc5ccc(C)c1c5c24)-c1ccc(C(C)(C)C)cc1O3. The van der Waals surface area contributed by atoms with Crippen molar-refractivity contribution in [1.29, 1.82) is 0 Å². The third-order valence-corrected chi connectivity index (χ3v) is 8.77. The molecule has 0 saturated carbocycles. The molecule has 1 heteroatoms. The van der Waals surface area contributed by atoms with Crippen molar-refractivity contribution in [2.24, 2.45) is 0 Å². The maximum Gasteiger partial charge on any atom is 0.135 e. The van der Waals surface area contributed by atoms with Crippen LogP contribution in [0.1, 0.15) is 63.8 Å². The summed E-state index contributed by atoms with van der Waals surface area (Å²) >= 11 is 0. The van der Waals surface area contributed by atoms with Crippen LogP contribution in [-0.4, -0.2) is 0 Å². The molecule has 0 aromatic heterocycles. The van der Waals surface area contributed by atoms with Gasteiger partial charge < -0.3 is 4.74 Å². The molecule has 6 aromatic rings. The van der Waals surface area contributed by atoms with E-state index in [1.807, 2.05) is 0 Å². The Morgan fingerprint density at radius 2 is 1.00 bits per heavy atom. The van der Waals surface area contributed by atoms with E-state index in [0.29, 0.717) is 0 Å². The minimum Gasteiger partial charge on any atom is -0.456 e. The van der Waals surface area contributed by atoms with Crippen LogP contribution in [0, 0.1) is 13.8 Å². The standard InChI is InChI=1S/C38H36O/c1-21-9-10-23-19-30-28-15-13-26(38(6,7)8)20-32(28)39-31-16-11-24-18-29(33(21)34(23)35(24)36(30)31)27-14-12-25(17-22(27)2)37(3,4)5/h9-20H,1-8H3. The van der Waals surface area contributed by atoms with E-state index in [2.05, 4.69) is 128 Å². The van der Waals surface area contributed by atoms with Gasteiger partial charge in [0.25, 0.3) is 0 Å². The van der Waals surface area contributed by atoms with Gasteiger partial charge in [0.15, 0.2) is 0 Å². The second kappa shape index (κ2) is 7.85. The Morgan fingerprint density at radius 3 is 1.64 bits per heavy atom. The van der Waals surface area contributed by atoms with Crippen molar-refractivity contribution in [2.75, 3.05) is 0 Å². The van der Waals surface area contributed by atoms with Gasteiger partial charge in [-0.1, -0.05) is 90.1 Å². The van der Waals surface area contributed by atoms with Gasteiger partial charge in [-0.05, 0) is 109 Å². The summed E-state index contributed by atoms with van der Waals surface area (Å²) < 4.78 is 6.64. The molecule has 0 N–H and O–H groups in total. The first-order chi connectivity index (χ1) is 18.4. The Labute approximate surface area is 231 Å². The van der Waals surface area contributed by atoms with E-state index in [1.165, 1.54) is 76.8 Å². The summed E-state index contributed by atoms with van der Waals surface area (Å²) in [6.45, 7) is 18.1. The number of fused-ring (bicyclic) bond motifs is 2. The van der Waals surface area contributed by atoms with E-state index in [0.717, 1.165) is 11.5 Å². The Morgan fingerprint density at radius 1 is 0.436 bits per heavy atom. The maximum absolute atomic E-state index is 6.64. The van der Waals surface area contributed by atoms with Gasteiger partial charge in [-0.3, -0.25) is 0 Å². The molecule has 0 amide bonds. The minimum absolute atomic E-state index is 0.0684. The van der Waals surface area contributed by atoms with E-state index in [4.69, 9.17) is 4.74 Å². The highest BCUT2D eigenvalue weighted by molar-refractivity contribution is 6.31. The highest BCUT2D eigenvalue weighted by Crippen LogP contribution is 2.53. The fourth-order valence-electron chi connectivity index (χ4n) is 6.53. The molecule has 1 nitrogen and oxygen atoms in total. The van der Waals surface area contributed by atoms with Crippen LogP contribution >= 0.6 is 0 Å². The van der Waals surface area contributed by atoms with Crippen molar-refractivity contribution < 1.29 is 4.74 Å². The summed E-state index contributed by atoms with van der Waals surface area (Å²) in [6, 6.07) is 27.6. The second-order valence-corrected chi connectivity index (χ2v) is 13.6. The number of rotatable bonds is 1. The molecule has 194 valence electrons. The van der Waals surface area contributed by atoms with E-state index in [-0.39, 0.29) is 10.8 Å². The van der Waals surface area contributed by atoms with Gasteiger partial charge in [-0.2, -0.15) is 0 Å². The number of aryl methyl sites for hydroxylation is 2. The summed E-state index contributed by atoms with van der Waals surface area (Å²) in [5.41, 5.74) is 10.6. The van der Waals surface area contributed by atoms with Crippen LogP contribution in [0.25, 0.3) is 54.6 Å². The zero-order valence-corrected chi connectivity index (χ0v) is 24.3. The molecule has 0 fully saturated rings. The lowest BCUT2D eigenvalue weighted by atomic mass is 9.80. The smallest absolute Gasteiger partial charge is 0.135 e. The summed E-state index contributed by atoms with van der Waals surface area (Å²) in [6.07, 6.45) is 0. The van der Waals surface area contributed by atoms with Gasteiger partial charge in [-0.25, -0.2) is 0 Å². The first-order valence-corrected chi connectivity index (χ1v) is 14.1. The predicted octanol–water partition coefficient (Wildman–Crippen LogP) is 11.2. The second-order valence-electron chi connectivity index (χ2n) is 13.6. The van der Waals surface area contributed by atoms with E-state index in [9.17, 15) is 0 Å². The Kier molecular flexibility index (Phi) is 4.88. The third kappa shape index (κ3) is 3.52. The van der Waals surface area contributed by atoms with Crippen LogP contribution in [0.5, 0.6) is 11.5 Å². The monoisotopic (exact) mass is 508 g/mol. The molecule has 0 atom stereocenters. The molecule has 0 unspecified atom stereocenters. The minimum atomic E-state index is 0.0684. The lowest BCUT2D eigenvalue weighted by Crippen LogP contribution is -2.11. The van der Waals surface area contributed by atoms with Crippen LogP contribution in [0.3, 0.4) is 0 Å². The quantitative estimate of drug-likeness (QED) is 0.200. The number of benzene rings is 6. The van der Waals surface area contributed by atoms with Crippen LogP contribution in [0.4, 0.5) is 0 Å². The molecular formula is C38H36O. The molecule has 0 aliphatic carbocycles. The zero-order valence-electron chi connectivity index (χ0n) is 24.3. The average molecular weight is 509 g/mol. The van der Waals surface area contributed by atoms with Crippen molar-refractivity contribution >= 4 is 32.3 Å². The predicted molar refractivity (Wildman–Crippen MR) is 168 cm³/mol. The van der Waals surface area contributed by atoms with Gasteiger partial charge in [0.2, 0.25) is 0 Å². The van der Waals surface area contributed by atoms with E-state index >= 15 is 0 Å². The number of hydrogen-bond donors (Lipinski definition) is 0. The van der Waals surface area contributed by atoms with Crippen molar-refractivity contribution in [3.05, 3.63) is 95.1 Å². The lowest BCUT2D eigenvalue weighted by Gasteiger charge is -2.27. The zero-order chi connectivity index (χ0) is 27.4. The maximum atomic E-state index is 6.64. The Hall–Kier alpha value is -3.84. The summed E-state index contributed by atoms with van der Waals surface area (Å²) in [7, 11) is 0. The highest BCUT2D eigenvalue weighted by Gasteiger charge is 2.27. The summed E-state index contributed by atoms with van der Waals surface area (Å²) in [4.78, 5) is 0. The fourth-order valence-corrected chi connectivity index (χ4v) is 6.53.